The largest absolute Gasteiger partial charge is 0.467 e. The van der Waals surface area contributed by atoms with Crippen LogP contribution in [0.15, 0.2) is 70.5 Å². The maximum absolute atomic E-state index is 13.3. The number of methoxy groups -OCH3 is 2. The third kappa shape index (κ3) is 4.81. The Bertz CT molecular complexity index is 1410. The number of ether oxygens (including phenoxy) is 2. The molecule has 13 heteroatoms. The second kappa shape index (κ2) is 10.9. The van der Waals surface area contributed by atoms with Crippen molar-refractivity contribution in [3.63, 3.8) is 0 Å². The number of nitro groups is 2. The van der Waals surface area contributed by atoms with Crippen LogP contribution in [-0.4, -0.2) is 47.3 Å². The summed E-state index contributed by atoms with van der Waals surface area (Å²) < 4.78 is 10.1. The van der Waals surface area contributed by atoms with Crippen LogP contribution < -0.4 is 10.7 Å². The number of allylic oxidation sites excluding steroid dienone is 1. The predicted molar refractivity (Wildman–Crippen MR) is 138 cm³/mol. The number of benzene rings is 2. The molecule has 0 amide bonds. The summed E-state index contributed by atoms with van der Waals surface area (Å²) in [6, 6.07) is 12.0. The van der Waals surface area contributed by atoms with Crippen LogP contribution in [0.25, 0.3) is 5.57 Å². The van der Waals surface area contributed by atoms with Gasteiger partial charge in [-0.3, -0.25) is 25.7 Å². The van der Waals surface area contributed by atoms with Crippen LogP contribution in [0.4, 0.5) is 17.1 Å². The highest BCUT2D eigenvalue weighted by atomic mass is 16.6. The molecule has 0 bridgehead atoms. The minimum absolute atomic E-state index is 0.0439. The first-order valence-electron chi connectivity index (χ1n) is 11.2. The fourth-order valence-electron chi connectivity index (χ4n) is 4.30. The number of carbonyl (C=O) groups is 2. The lowest BCUT2D eigenvalue weighted by molar-refractivity contribution is -0.393. The highest BCUT2D eigenvalue weighted by Gasteiger charge is 2.50. The molecule has 0 aromatic heterocycles. The molecule has 198 valence electrons. The fraction of sp³-hybridized carbons (Fsp3) is 0.240. The standard InChI is InChI=1S/C25H25N5O8/c1-14-21(23(31)37-4)22(17-9-7-6-8-10-17)15(2)26-25(14,24(32)38-5)16(3)27-28-19-12-11-18(29(33)34)13-20(19)30(35)36/h6-13,26,28H,1-5H3. The van der Waals surface area contributed by atoms with Crippen molar-refractivity contribution in [2.45, 2.75) is 26.3 Å². The Morgan fingerprint density at radius 3 is 2.21 bits per heavy atom. The number of nitrogens with zero attached hydrogens (tertiary/aromatic N) is 3. The summed E-state index contributed by atoms with van der Waals surface area (Å²) in [4.78, 5) is 47.4. The van der Waals surface area contributed by atoms with Crippen LogP contribution in [-0.2, 0) is 19.1 Å². The molecule has 2 aromatic carbocycles. The van der Waals surface area contributed by atoms with E-state index in [1.165, 1.54) is 21.1 Å². The van der Waals surface area contributed by atoms with Gasteiger partial charge >= 0.3 is 17.6 Å². The Hall–Kier alpha value is -5.07. The second-order valence-electron chi connectivity index (χ2n) is 8.25. The molecule has 1 heterocycles. The number of esters is 2. The van der Waals surface area contributed by atoms with Gasteiger partial charge in [0, 0.05) is 17.3 Å². The average Bonchev–Trinajstić information content (AvgIpc) is 2.91. The lowest BCUT2D eigenvalue weighted by Gasteiger charge is -2.39. The Kier molecular flexibility index (Phi) is 7.90. The quantitative estimate of drug-likeness (QED) is 0.224. The van der Waals surface area contributed by atoms with E-state index >= 15 is 0 Å². The third-order valence-corrected chi connectivity index (χ3v) is 6.16. The van der Waals surface area contributed by atoms with Crippen LogP contribution in [0.1, 0.15) is 26.3 Å². The first kappa shape index (κ1) is 27.5. The number of hydrazone groups is 1. The predicted octanol–water partition coefficient (Wildman–Crippen LogP) is 3.73. The molecule has 0 fully saturated rings. The molecule has 0 aliphatic carbocycles. The third-order valence-electron chi connectivity index (χ3n) is 6.16. The number of carbonyl (C=O) groups excluding carboxylic acids is 2. The molecule has 0 spiro atoms. The smallest absolute Gasteiger partial charge is 0.342 e. The van der Waals surface area contributed by atoms with E-state index in [1.807, 2.05) is 6.07 Å². The Labute approximate surface area is 217 Å². The van der Waals surface area contributed by atoms with E-state index in [0.29, 0.717) is 16.8 Å². The van der Waals surface area contributed by atoms with Crippen molar-refractivity contribution in [2.24, 2.45) is 5.10 Å². The monoisotopic (exact) mass is 523 g/mol. The van der Waals surface area contributed by atoms with Gasteiger partial charge in [-0.2, -0.15) is 5.10 Å². The van der Waals surface area contributed by atoms with Gasteiger partial charge in [0.1, 0.15) is 5.69 Å². The van der Waals surface area contributed by atoms with E-state index in [4.69, 9.17) is 9.47 Å². The maximum Gasteiger partial charge on any atom is 0.342 e. The van der Waals surface area contributed by atoms with E-state index in [1.54, 1.807) is 38.1 Å². The summed E-state index contributed by atoms with van der Waals surface area (Å²) >= 11 is 0. The summed E-state index contributed by atoms with van der Waals surface area (Å²) in [6.07, 6.45) is 0. The summed E-state index contributed by atoms with van der Waals surface area (Å²) in [7, 11) is 2.39. The average molecular weight is 524 g/mol. The highest BCUT2D eigenvalue weighted by Crippen LogP contribution is 2.39. The van der Waals surface area contributed by atoms with E-state index in [0.717, 1.165) is 18.2 Å². The molecule has 2 N–H and O–H groups in total. The number of hydrogen-bond donors (Lipinski definition) is 2. The molecule has 1 aliphatic rings. The number of dihydropyridines is 1. The van der Waals surface area contributed by atoms with Gasteiger partial charge in [0.05, 0.1) is 41.4 Å². The van der Waals surface area contributed by atoms with Gasteiger partial charge in [-0.15, -0.1) is 0 Å². The van der Waals surface area contributed by atoms with E-state index in [-0.39, 0.29) is 22.5 Å². The first-order chi connectivity index (χ1) is 18.0. The molecule has 13 nitrogen and oxygen atoms in total. The van der Waals surface area contributed by atoms with Gasteiger partial charge in [-0.25, -0.2) is 9.59 Å². The zero-order valence-corrected chi connectivity index (χ0v) is 21.2. The van der Waals surface area contributed by atoms with Gasteiger partial charge in [0.2, 0.25) is 0 Å². The highest BCUT2D eigenvalue weighted by molar-refractivity contribution is 6.19. The van der Waals surface area contributed by atoms with E-state index < -0.39 is 38.7 Å². The second-order valence-corrected chi connectivity index (χ2v) is 8.25. The number of rotatable bonds is 8. The molecular weight excluding hydrogens is 498 g/mol. The minimum atomic E-state index is -1.79. The number of nitrogens with one attached hydrogen (secondary N) is 2. The van der Waals surface area contributed by atoms with E-state index in [9.17, 15) is 29.8 Å². The summed E-state index contributed by atoms with van der Waals surface area (Å²) in [5.74, 6) is -1.49. The molecular formula is C25H25N5O8. The first-order valence-corrected chi connectivity index (χ1v) is 11.2. The minimum Gasteiger partial charge on any atom is -0.467 e. The van der Waals surface area contributed by atoms with Gasteiger partial charge in [0.25, 0.3) is 5.69 Å². The SMILES string of the molecule is COC(=O)C1=C(C)C(C(=O)OC)(C(C)=NNc2ccc([N+](=O)[O-])cc2[N+](=O)[O-])NC(C)=C1c1ccccc1. The van der Waals surface area contributed by atoms with Crippen molar-refractivity contribution < 1.29 is 28.9 Å². The van der Waals surface area contributed by atoms with Crippen molar-refractivity contribution >= 4 is 40.3 Å². The zero-order valence-electron chi connectivity index (χ0n) is 21.2. The lowest BCUT2D eigenvalue weighted by atomic mass is 9.76. The molecule has 2 aromatic rings. The lowest BCUT2D eigenvalue weighted by Crippen LogP contribution is -2.60. The van der Waals surface area contributed by atoms with Crippen molar-refractivity contribution in [1.29, 1.82) is 0 Å². The van der Waals surface area contributed by atoms with Crippen LogP contribution >= 0.6 is 0 Å². The molecule has 3 rings (SSSR count). The summed E-state index contributed by atoms with van der Waals surface area (Å²) in [6.45, 7) is 4.70. The van der Waals surface area contributed by atoms with Crippen LogP contribution in [0, 0.1) is 20.2 Å². The Morgan fingerprint density at radius 1 is 1.00 bits per heavy atom. The number of anilines is 1. The number of nitro benzene ring substituents is 2. The maximum atomic E-state index is 13.3. The normalized spacial score (nSPS) is 17.4. The molecule has 1 aliphatic heterocycles. The molecule has 0 saturated carbocycles. The van der Waals surface area contributed by atoms with Crippen LogP contribution in [0.5, 0.6) is 0 Å². The van der Waals surface area contributed by atoms with E-state index in [2.05, 4.69) is 15.8 Å². The van der Waals surface area contributed by atoms with Crippen molar-refractivity contribution in [3.05, 3.63) is 91.2 Å². The van der Waals surface area contributed by atoms with Crippen molar-refractivity contribution in [1.82, 2.24) is 5.32 Å². The summed E-state index contributed by atoms with van der Waals surface area (Å²) in [5.41, 5.74) is 1.56. The topological polar surface area (TPSA) is 175 Å². The van der Waals surface area contributed by atoms with Gasteiger partial charge in [-0.05, 0) is 38.0 Å². The number of non-ortho nitro benzene ring substituents is 1. The van der Waals surface area contributed by atoms with Crippen LogP contribution in [0.3, 0.4) is 0 Å². The molecule has 1 atom stereocenters. The molecule has 38 heavy (non-hydrogen) atoms. The van der Waals surface area contributed by atoms with Gasteiger partial charge < -0.3 is 14.8 Å². The Balaban J connectivity index is 2.20. The van der Waals surface area contributed by atoms with Crippen molar-refractivity contribution in [3.8, 4) is 0 Å². The zero-order chi connectivity index (χ0) is 28.2. The molecule has 0 radical (unpaired) electrons. The molecule has 0 saturated heterocycles. The molecule has 1 unspecified atom stereocenters. The van der Waals surface area contributed by atoms with Gasteiger partial charge in [-0.1, -0.05) is 30.3 Å². The summed E-state index contributed by atoms with van der Waals surface area (Å²) in [5, 5.41) is 29.9. The van der Waals surface area contributed by atoms with Gasteiger partial charge in [0.15, 0.2) is 5.54 Å². The fourth-order valence-corrected chi connectivity index (χ4v) is 4.30. The number of hydrogen-bond acceptors (Lipinski definition) is 11. The van der Waals surface area contributed by atoms with Crippen LogP contribution in [0.2, 0.25) is 0 Å². The Morgan fingerprint density at radius 2 is 1.66 bits per heavy atom. The van der Waals surface area contributed by atoms with Crippen molar-refractivity contribution in [2.75, 3.05) is 19.6 Å².